The number of aromatic nitrogens is 1. The molecule has 0 unspecified atom stereocenters. The van der Waals surface area contributed by atoms with Gasteiger partial charge in [0.1, 0.15) is 0 Å². The van der Waals surface area contributed by atoms with Crippen molar-refractivity contribution in [1.82, 2.24) is 9.88 Å². The van der Waals surface area contributed by atoms with Gasteiger partial charge in [-0.25, -0.2) is 0 Å². The normalized spacial score (nSPS) is 10.5. The van der Waals surface area contributed by atoms with E-state index in [2.05, 4.69) is 4.98 Å². The maximum absolute atomic E-state index is 12.0. The Balaban J connectivity index is 2.53. The summed E-state index contributed by atoms with van der Waals surface area (Å²) in [5.74, 6) is -0.987. The lowest BCUT2D eigenvalue weighted by molar-refractivity contribution is -0.124. The molecule has 1 N–H and O–H groups in total. The lowest BCUT2D eigenvalue weighted by atomic mass is 10.1. The standard InChI is InChI=1S/C13H14N2O2/c1-8-4-5-11-9(6-8)10(7-14-11)12(16)13(17)15(2)3/h4-7,14H,1-3H3. The summed E-state index contributed by atoms with van der Waals surface area (Å²) >= 11 is 0. The topological polar surface area (TPSA) is 53.2 Å². The molecule has 0 atom stereocenters. The minimum Gasteiger partial charge on any atom is -0.360 e. The lowest BCUT2D eigenvalue weighted by Crippen LogP contribution is -2.29. The molecule has 2 rings (SSSR count). The summed E-state index contributed by atoms with van der Waals surface area (Å²) in [4.78, 5) is 27.9. The number of aromatic amines is 1. The third-order valence-electron chi connectivity index (χ3n) is 2.68. The number of ketones is 1. The van der Waals surface area contributed by atoms with E-state index in [0.717, 1.165) is 16.5 Å². The first kappa shape index (κ1) is 11.4. The Morgan fingerprint density at radius 3 is 2.59 bits per heavy atom. The van der Waals surface area contributed by atoms with Gasteiger partial charge < -0.3 is 9.88 Å². The van der Waals surface area contributed by atoms with Gasteiger partial charge in [0, 0.05) is 31.2 Å². The van der Waals surface area contributed by atoms with Gasteiger partial charge >= 0.3 is 0 Å². The van der Waals surface area contributed by atoms with E-state index in [4.69, 9.17) is 0 Å². The van der Waals surface area contributed by atoms with Crippen LogP contribution in [0, 0.1) is 6.92 Å². The number of rotatable bonds is 2. The fourth-order valence-corrected chi connectivity index (χ4v) is 1.74. The Morgan fingerprint density at radius 2 is 1.94 bits per heavy atom. The van der Waals surface area contributed by atoms with Crippen LogP contribution in [0.5, 0.6) is 0 Å². The second-order valence-electron chi connectivity index (χ2n) is 4.28. The highest BCUT2D eigenvalue weighted by Gasteiger charge is 2.21. The number of H-pyrrole nitrogens is 1. The van der Waals surface area contributed by atoms with E-state index < -0.39 is 11.7 Å². The molecule has 1 aromatic carbocycles. The molecule has 88 valence electrons. The van der Waals surface area contributed by atoms with Crippen LogP contribution in [0.1, 0.15) is 15.9 Å². The largest absolute Gasteiger partial charge is 0.360 e. The second kappa shape index (κ2) is 4.05. The second-order valence-corrected chi connectivity index (χ2v) is 4.28. The number of nitrogens with one attached hydrogen (secondary N) is 1. The number of aryl methyl sites for hydroxylation is 1. The number of hydrogen-bond donors (Lipinski definition) is 1. The molecule has 17 heavy (non-hydrogen) atoms. The molecule has 1 amide bonds. The van der Waals surface area contributed by atoms with Crippen LogP contribution in [0.15, 0.2) is 24.4 Å². The predicted octanol–water partition coefficient (Wildman–Crippen LogP) is 1.75. The van der Waals surface area contributed by atoms with E-state index in [-0.39, 0.29) is 0 Å². The molecule has 0 spiro atoms. The van der Waals surface area contributed by atoms with Gasteiger partial charge in [-0.2, -0.15) is 0 Å². The van der Waals surface area contributed by atoms with Crippen molar-refractivity contribution in [2.75, 3.05) is 14.1 Å². The SMILES string of the molecule is Cc1ccc2[nH]cc(C(=O)C(=O)N(C)C)c2c1. The van der Waals surface area contributed by atoms with E-state index in [1.54, 1.807) is 20.3 Å². The number of Topliss-reactive ketones (excluding diaryl/α,β-unsaturated/α-hetero) is 1. The van der Waals surface area contributed by atoms with Crippen LogP contribution in [-0.2, 0) is 4.79 Å². The van der Waals surface area contributed by atoms with Gasteiger partial charge in [0.15, 0.2) is 0 Å². The molecule has 0 fully saturated rings. The van der Waals surface area contributed by atoms with Gasteiger partial charge in [-0.1, -0.05) is 11.6 Å². The van der Waals surface area contributed by atoms with Crippen molar-refractivity contribution < 1.29 is 9.59 Å². The molecule has 0 radical (unpaired) electrons. The Morgan fingerprint density at radius 1 is 1.24 bits per heavy atom. The minimum atomic E-state index is -0.507. The maximum atomic E-state index is 12.0. The first-order chi connectivity index (χ1) is 8.00. The third-order valence-corrected chi connectivity index (χ3v) is 2.68. The van der Waals surface area contributed by atoms with Crippen molar-refractivity contribution in [2.24, 2.45) is 0 Å². The van der Waals surface area contributed by atoms with Crippen molar-refractivity contribution in [1.29, 1.82) is 0 Å². The van der Waals surface area contributed by atoms with Crippen molar-refractivity contribution in [2.45, 2.75) is 6.92 Å². The Labute approximate surface area is 99.2 Å². The summed E-state index contributed by atoms with van der Waals surface area (Å²) in [6, 6.07) is 5.77. The molecule has 0 aliphatic rings. The molecule has 1 heterocycles. The van der Waals surface area contributed by atoms with Crippen LogP contribution >= 0.6 is 0 Å². The number of fused-ring (bicyclic) bond motifs is 1. The Bertz CT molecular complexity index is 596. The fourth-order valence-electron chi connectivity index (χ4n) is 1.74. The summed E-state index contributed by atoms with van der Waals surface area (Å²) in [6.07, 6.45) is 1.59. The Hall–Kier alpha value is -2.10. The molecule has 1 aromatic heterocycles. The van der Waals surface area contributed by atoms with Gasteiger partial charge in [0.2, 0.25) is 0 Å². The fraction of sp³-hybridized carbons (Fsp3) is 0.231. The third kappa shape index (κ3) is 1.93. The molecule has 0 aliphatic carbocycles. The van der Waals surface area contributed by atoms with E-state index in [1.165, 1.54) is 4.90 Å². The van der Waals surface area contributed by atoms with Gasteiger partial charge in [-0.05, 0) is 19.1 Å². The summed E-state index contributed by atoms with van der Waals surface area (Å²) < 4.78 is 0. The molecule has 0 bridgehead atoms. The first-order valence-corrected chi connectivity index (χ1v) is 5.34. The van der Waals surface area contributed by atoms with Crippen molar-refractivity contribution in [3.63, 3.8) is 0 Å². The van der Waals surface area contributed by atoms with Gasteiger partial charge in [0.05, 0.1) is 5.56 Å². The van der Waals surface area contributed by atoms with Crippen LogP contribution < -0.4 is 0 Å². The van der Waals surface area contributed by atoms with Crippen molar-refractivity contribution >= 4 is 22.6 Å². The zero-order valence-corrected chi connectivity index (χ0v) is 10.1. The number of likely N-dealkylation sites (N-methyl/N-ethyl adjacent to an activating group) is 1. The molecule has 0 saturated carbocycles. The van der Waals surface area contributed by atoms with Crippen molar-refractivity contribution in [3.8, 4) is 0 Å². The quantitative estimate of drug-likeness (QED) is 0.631. The lowest BCUT2D eigenvalue weighted by Gasteiger charge is -2.08. The number of amides is 1. The van der Waals surface area contributed by atoms with Gasteiger partial charge in [-0.15, -0.1) is 0 Å². The van der Waals surface area contributed by atoms with Crippen molar-refractivity contribution in [3.05, 3.63) is 35.5 Å². The highest BCUT2D eigenvalue weighted by Crippen LogP contribution is 2.20. The number of benzene rings is 1. The molecule has 4 nitrogen and oxygen atoms in total. The molecular weight excluding hydrogens is 216 g/mol. The van der Waals surface area contributed by atoms with Crippen LogP contribution in [-0.4, -0.2) is 35.7 Å². The first-order valence-electron chi connectivity index (χ1n) is 5.34. The van der Waals surface area contributed by atoms with E-state index in [0.29, 0.717) is 5.56 Å². The van der Waals surface area contributed by atoms with Gasteiger partial charge in [0.25, 0.3) is 11.7 Å². The summed E-state index contributed by atoms with van der Waals surface area (Å²) in [7, 11) is 3.14. The highest BCUT2D eigenvalue weighted by molar-refractivity contribution is 6.44. The van der Waals surface area contributed by atoms with Crippen LogP contribution in [0.2, 0.25) is 0 Å². The van der Waals surface area contributed by atoms with E-state index in [1.807, 2.05) is 25.1 Å². The zero-order chi connectivity index (χ0) is 12.6. The Kier molecular flexibility index (Phi) is 2.71. The van der Waals surface area contributed by atoms with E-state index >= 15 is 0 Å². The smallest absolute Gasteiger partial charge is 0.294 e. The number of carbonyl (C=O) groups excluding carboxylic acids is 2. The number of hydrogen-bond acceptors (Lipinski definition) is 2. The van der Waals surface area contributed by atoms with E-state index in [9.17, 15) is 9.59 Å². The summed E-state index contributed by atoms with van der Waals surface area (Å²) in [5, 5.41) is 0.796. The summed E-state index contributed by atoms with van der Waals surface area (Å²) in [5.41, 5.74) is 2.36. The number of carbonyl (C=O) groups is 2. The molecule has 4 heteroatoms. The number of nitrogens with zero attached hydrogens (tertiary/aromatic N) is 1. The predicted molar refractivity (Wildman–Crippen MR) is 66.1 cm³/mol. The maximum Gasteiger partial charge on any atom is 0.294 e. The molecule has 2 aromatic rings. The van der Waals surface area contributed by atoms with Gasteiger partial charge in [-0.3, -0.25) is 9.59 Å². The molecule has 0 aliphatic heterocycles. The average Bonchev–Trinajstić information content (AvgIpc) is 2.69. The summed E-state index contributed by atoms with van der Waals surface area (Å²) in [6.45, 7) is 1.95. The highest BCUT2D eigenvalue weighted by atomic mass is 16.2. The van der Waals surface area contributed by atoms with Crippen LogP contribution in [0.25, 0.3) is 10.9 Å². The molecule has 0 saturated heterocycles. The zero-order valence-electron chi connectivity index (χ0n) is 10.1. The monoisotopic (exact) mass is 230 g/mol. The van der Waals surface area contributed by atoms with Crippen LogP contribution in [0.4, 0.5) is 0 Å². The van der Waals surface area contributed by atoms with Crippen LogP contribution in [0.3, 0.4) is 0 Å². The molecular formula is C13H14N2O2. The minimum absolute atomic E-state index is 0.433. The average molecular weight is 230 g/mol.